The van der Waals surface area contributed by atoms with Gasteiger partial charge in [0, 0.05) is 19.6 Å². The second kappa shape index (κ2) is 8.80. The van der Waals surface area contributed by atoms with E-state index in [1.54, 1.807) is 4.90 Å². The van der Waals surface area contributed by atoms with Crippen LogP contribution in [0.25, 0.3) is 0 Å². The number of amides is 2. The molecule has 1 saturated heterocycles. The van der Waals surface area contributed by atoms with Crippen LogP contribution < -0.4 is 5.32 Å². The second-order valence-corrected chi connectivity index (χ2v) is 5.51. The number of carbonyl (C=O) groups excluding carboxylic acids is 2. The molecule has 2 amide bonds. The highest BCUT2D eigenvalue weighted by molar-refractivity contribution is 8.00. The van der Waals surface area contributed by atoms with Crippen LogP contribution in [0.4, 0.5) is 0 Å². The smallest absolute Gasteiger partial charge is 0.308 e. The number of carboxylic acids is 1. The lowest BCUT2D eigenvalue weighted by Gasteiger charge is -2.26. The minimum Gasteiger partial charge on any atom is -0.481 e. The van der Waals surface area contributed by atoms with Crippen molar-refractivity contribution in [3.8, 4) is 0 Å². The van der Waals surface area contributed by atoms with Crippen molar-refractivity contribution in [3.63, 3.8) is 0 Å². The van der Waals surface area contributed by atoms with Crippen LogP contribution in [0.2, 0.25) is 0 Å². The van der Waals surface area contributed by atoms with E-state index in [-0.39, 0.29) is 29.9 Å². The average Bonchev–Trinajstić information content (AvgIpc) is 2.45. The number of carbonyl (C=O) groups is 3. The number of nitrogens with one attached hydrogen (secondary N) is 1. The molecule has 2 N–H and O–H groups in total. The topological polar surface area (TPSA) is 95.9 Å². The molecule has 0 bridgehead atoms. The zero-order chi connectivity index (χ0) is 15.0. The molecular weight excluding hydrogens is 284 g/mol. The van der Waals surface area contributed by atoms with Gasteiger partial charge in [-0.1, -0.05) is 6.92 Å². The van der Waals surface area contributed by atoms with Crippen LogP contribution in [0.15, 0.2) is 0 Å². The van der Waals surface area contributed by atoms with Crippen molar-refractivity contribution >= 4 is 29.5 Å². The summed E-state index contributed by atoms with van der Waals surface area (Å²) >= 11 is 1.23. The van der Waals surface area contributed by atoms with E-state index in [4.69, 9.17) is 9.84 Å². The molecule has 1 unspecified atom stereocenters. The van der Waals surface area contributed by atoms with Crippen LogP contribution in [-0.4, -0.2) is 72.1 Å². The van der Waals surface area contributed by atoms with Gasteiger partial charge in [-0.2, -0.15) is 0 Å². The molecule has 1 heterocycles. The number of carboxylic acid groups (broad SMARTS) is 1. The highest BCUT2D eigenvalue weighted by Gasteiger charge is 2.17. The number of hydrogen-bond donors (Lipinski definition) is 2. The summed E-state index contributed by atoms with van der Waals surface area (Å²) in [5.41, 5.74) is 0. The van der Waals surface area contributed by atoms with Crippen LogP contribution in [0.3, 0.4) is 0 Å². The molecule has 1 aliphatic rings. The van der Waals surface area contributed by atoms with Crippen LogP contribution >= 0.6 is 11.8 Å². The summed E-state index contributed by atoms with van der Waals surface area (Å²) in [6.45, 7) is 3.95. The molecule has 0 aliphatic carbocycles. The van der Waals surface area contributed by atoms with E-state index in [0.29, 0.717) is 26.3 Å². The molecule has 0 aromatic rings. The van der Waals surface area contributed by atoms with Gasteiger partial charge in [-0.25, -0.2) is 0 Å². The Morgan fingerprint density at radius 2 is 1.95 bits per heavy atom. The predicted molar refractivity (Wildman–Crippen MR) is 74.5 cm³/mol. The molecule has 1 fully saturated rings. The van der Waals surface area contributed by atoms with Gasteiger partial charge in [0.2, 0.25) is 11.8 Å². The van der Waals surface area contributed by atoms with Crippen molar-refractivity contribution in [1.29, 1.82) is 0 Å². The van der Waals surface area contributed by atoms with Gasteiger partial charge in [-0.15, -0.1) is 11.8 Å². The predicted octanol–water partition coefficient (Wildman–Crippen LogP) is -0.585. The minimum absolute atomic E-state index is 0.00463. The van der Waals surface area contributed by atoms with Gasteiger partial charge in [0.05, 0.1) is 30.6 Å². The molecule has 1 atom stereocenters. The molecule has 114 valence electrons. The lowest BCUT2D eigenvalue weighted by atomic mass is 10.2. The van der Waals surface area contributed by atoms with Crippen molar-refractivity contribution in [2.24, 2.45) is 5.92 Å². The van der Waals surface area contributed by atoms with Crippen molar-refractivity contribution in [2.75, 3.05) is 44.4 Å². The highest BCUT2D eigenvalue weighted by atomic mass is 32.2. The summed E-state index contributed by atoms with van der Waals surface area (Å²) < 4.78 is 5.15. The zero-order valence-electron chi connectivity index (χ0n) is 11.5. The van der Waals surface area contributed by atoms with E-state index >= 15 is 0 Å². The van der Waals surface area contributed by atoms with Crippen molar-refractivity contribution < 1.29 is 24.2 Å². The summed E-state index contributed by atoms with van der Waals surface area (Å²) in [4.78, 5) is 35.5. The minimum atomic E-state index is -0.944. The van der Waals surface area contributed by atoms with Crippen LogP contribution in [0.5, 0.6) is 0 Å². The molecule has 0 aromatic carbocycles. The van der Waals surface area contributed by atoms with E-state index in [2.05, 4.69) is 5.32 Å². The van der Waals surface area contributed by atoms with Gasteiger partial charge in [-0.3, -0.25) is 14.4 Å². The Hall–Kier alpha value is -1.28. The first kappa shape index (κ1) is 16.8. The van der Waals surface area contributed by atoms with Gasteiger partial charge < -0.3 is 20.1 Å². The Morgan fingerprint density at radius 1 is 1.30 bits per heavy atom. The highest BCUT2D eigenvalue weighted by Crippen LogP contribution is 2.05. The SMILES string of the molecule is CC(CNC(=O)CSCC(=O)N1CCOCC1)C(=O)O. The second-order valence-electron chi connectivity index (χ2n) is 4.53. The van der Waals surface area contributed by atoms with E-state index in [1.807, 2.05) is 0 Å². The standard InChI is InChI=1S/C12H20N2O5S/c1-9(12(17)18)6-13-10(15)7-20-8-11(16)14-2-4-19-5-3-14/h9H,2-8H2,1H3,(H,13,15)(H,17,18). The molecular formula is C12H20N2O5S. The Morgan fingerprint density at radius 3 is 2.55 bits per heavy atom. The molecule has 0 spiro atoms. The van der Waals surface area contributed by atoms with Crippen LogP contribution in [0, 0.1) is 5.92 Å². The maximum atomic E-state index is 11.8. The summed E-state index contributed by atoms with van der Waals surface area (Å²) in [5.74, 6) is -1.40. The van der Waals surface area contributed by atoms with Gasteiger partial charge in [0.1, 0.15) is 0 Å². The summed E-state index contributed by atoms with van der Waals surface area (Å²) in [7, 11) is 0. The number of nitrogens with zero attached hydrogens (tertiary/aromatic N) is 1. The molecule has 0 radical (unpaired) electrons. The fourth-order valence-corrected chi connectivity index (χ4v) is 2.29. The third-order valence-electron chi connectivity index (χ3n) is 2.85. The quantitative estimate of drug-likeness (QED) is 0.653. The maximum absolute atomic E-state index is 11.8. The van der Waals surface area contributed by atoms with E-state index < -0.39 is 11.9 Å². The molecule has 20 heavy (non-hydrogen) atoms. The fourth-order valence-electron chi connectivity index (χ4n) is 1.54. The van der Waals surface area contributed by atoms with Gasteiger partial charge in [0.15, 0.2) is 0 Å². The number of morpholine rings is 1. The third-order valence-corrected chi connectivity index (χ3v) is 3.77. The number of ether oxygens (including phenoxy) is 1. The Kier molecular flexibility index (Phi) is 7.38. The molecule has 7 nitrogen and oxygen atoms in total. The Bertz CT molecular complexity index is 358. The van der Waals surface area contributed by atoms with E-state index in [9.17, 15) is 14.4 Å². The van der Waals surface area contributed by atoms with Crippen molar-refractivity contribution in [2.45, 2.75) is 6.92 Å². The van der Waals surface area contributed by atoms with Gasteiger partial charge in [-0.05, 0) is 0 Å². The van der Waals surface area contributed by atoms with Crippen molar-refractivity contribution in [1.82, 2.24) is 10.2 Å². The number of hydrogen-bond acceptors (Lipinski definition) is 5. The lowest BCUT2D eigenvalue weighted by molar-refractivity contribution is -0.141. The first-order valence-electron chi connectivity index (χ1n) is 6.43. The monoisotopic (exact) mass is 304 g/mol. The normalized spacial score (nSPS) is 16.6. The van der Waals surface area contributed by atoms with E-state index in [1.165, 1.54) is 18.7 Å². The van der Waals surface area contributed by atoms with Crippen LogP contribution in [0.1, 0.15) is 6.92 Å². The Balaban J connectivity index is 2.12. The third kappa shape index (κ3) is 6.25. The van der Waals surface area contributed by atoms with Gasteiger partial charge >= 0.3 is 5.97 Å². The number of thioether (sulfide) groups is 1. The average molecular weight is 304 g/mol. The summed E-state index contributed by atoms with van der Waals surface area (Å²) in [6.07, 6.45) is 0. The van der Waals surface area contributed by atoms with Crippen molar-refractivity contribution in [3.05, 3.63) is 0 Å². The fraction of sp³-hybridized carbons (Fsp3) is 0.750. The number of aliphatic carboxylic acids is 1. The first-order chi connectivity index (χ1) is 9.50. The molecule has 0 saturated carbocycles. The molecule has 1 rings (SSSR count). The Labute approximate surface area is 122 Å². The first-order valence-corrected chi connectivity index (χ1v) is 7.59. The molecule has 0 aromatic heterocycles. The lowest BCUT2D eigenvalue weighted by Crippen LogP contribution is -2.41. The zero-order valence-corrected chi connectivity index (χ0v) is 12.3. The summed E-state index contributed by atoms with van der Waals surface area (Å²) in [5, 5.41) is 11.2. The largest absolute Gasteiger partial charge is 0.481 e. The maximum Gasteiger partial charge on any atom is 0.308 e. The number of rotatable bonds is 7. The molecule has 1 aliphatic heterocycles. The summed E-state index contributed by atoms with van der Waals surface area (Å²) in [6, 6.07) is 0. The van der Waals surface area contributed by atoms with Crippen LogP contribution in [-0.2, 0) is 19.1 Å². The molecule has 8 heteroatoms. The van der Waals surface area contributed by atoms with E-state index in [0.717, 1.165) is 0 Å². The van der Waals surface area contributed by atoms with Gasteiger partial charge in [0.25, 0.3) is 0 Å².